The van der Waals surface area contributed by atoms with Crippen LogP contribution in [-0.2, 0) is 9.53 Å². The fourth-order valence-electron chi connectivity index (χ4n) is 0.624. The van der Waals surface area contributed by atoms with Crippen molar-refractivity contribution in [1.82, 2.24) is 0 Å². The number of allylic oxidation sites excluding steroid dienone is 1. The third-order valence-electron chi connectivity index (χ3n) is 1.08. The molecule has 0 aromatic rings. The van der Waals surface area contributed by atoms with Gasteiger partial charge in [0.25, 0.3) is 0 Å². The first-order chi connectivity index (χ1) is 5.49. The number of carbonyl (C=O) groups excluding carboxylic acids is 1. The second kappa shape index (κ2) is 4.48. The van der Waals surface area contributed by atoms with Crippen LogP contribution in [0.15, 0.2) is 11.8 Å². The smallest absolute Gasteiger partial charge is 0.409 e. The summed E-state index contributed by atoms with van der Waals surface area (Å²) in [7, 11) is 1.11. The number of nitrogens with zero attached hydrogens (tertiary/aromatic N) is 1. The summed E-state index contributed by atoms with van der Waals surface area (Å²) in [4.78, 5) is 20.3. The summed E-state index contributed by atoms with van der Waals surface area (Å²) in [6.45, 7) is 3.48. The van der Waals surface area contributed by atoms with Gasteiger partial charge in [0.05, 0.1) is 12.0 Å². The Bertz CT molecular complexity index is 219. The number of carbonyl (C=O) groups is 1. The van der Waals surface area contributed by atoms with Gasteiger partial charge in [-0.3, -0.25) is 10.1 Å². The van der Waals surface area contributed by atoms with Crippen molar-refractivity contribution in [2.45, 2.75) is 13.8 Å². The van der Waals surface area contributed by atoms with E-state index in [0.29, 0.717) is 0 Å². The number of rotatable bonds is 3. The Kier molecular flexibility index (Phi) is 3.96. The summed E-state index contributed by atoms with van der Waals surface area (Å²) in [6, 6.07) is 0. The molecule has 0 radical (unpaired) electrons. The first-order valence-electron chi connectivity index (χ1n) is 3.43. The number of ether oxygens (including phenoxy) is 1. The zero-order valence-electron chi connectivity index (χ0n) is 7.23. The van der Waals surface area contributed by atoms with Crippen molar-refractivity contribution in [1.29, 1.82) is 0 Å². The number of hydrogen-bond donors (Lipinski definition) is 0. The Hall–Kier alpha value is -1.39. The van der Waals surface area contributed by atoms with Gasteiger partial charge in [-0.2, -0.15) is 0 Å². The lowest BCUT2D eigenvalue weighted by Crippen LogP contribution is -2.13. The predicted molar refractivity (Wildman–Crippen MR) is 41.9 cm³/mol. The highest BCUT2D eigenvalue weighted by atomic mass is 16.6. The van der Waals surface area contributed by atoms with Crippen molar-refractivity contribution in [3.8, 4) is 0 Å². The van der Waals surface area contributed by atoms with Crippen molar-refractivity contribution in [2.75, 3.05) is 7.11 Å². The molecule has 0 saturated heterocycles. The largest absolute Gasteiger partial charge is 0.461 e. The highest BCUT2D eigenvalue weighted by Crippen LogP contribution is 2.04. The lowest BCUT2D eigenvalue weighted by Gasteiger charge is -1.97. The minimum absolute atomic E-state index is 0.0514. The lowest BCUT2D eigenvalue weighted by molar-refractivity contribution is -0.421. The highest BCUT2D eigenvalue weighted by Gasteiger charge is 2.22. The maximum atomic E-state index is 10.8. The van der Waals surface area contributed by atoms with Gasteiger partial charge in [0.1, 0.15) is 0 Å². The van der Waals surface area contributed by atoms with Gasteiger partial charge in [-0.1, -0.05) is 13.8 Å². The molecular formula is C7H11NO4. The molecule has 0 aromatic heterocycles. The summed E-state index contributed by atoms with van der Waals surface area (Å²) in [5.74, 6) is -0.960. The molecular weight excluding hydrogens is 162 g/mol. The molecule has 0 aliphatic heterocycles. The fraction of sp³-hybridized carbons (Fsp3) is 0.571. The molecule has 0 fully saturated rings. The quantitative estimate of drug-likeness (QED) is 0.276. The molecule has 0 saturated carbocycles. The maximum Gasteiger partial charge on any atom is 0.409 e. The van der Waals surface area contributed by atoms with Crippen LogP contribution in [0.1, 0.15) is 13.8 Å². The molecule has 0 bridgehead atoms. The van der Waals surface area contributed by atoms with E-state index in [9.17, 15) is 14.9 Å². The summed E-state index contributed by atoms with van der Waals surface area (Å²) in [5, 5.41) is 10.3. The van der Waals surface area contributed by atoms with E-state index < -0.39 is 16.6 Å². The first kappa shape index (κ1) is 10.6. The molecule has 0 aliphatic carbocycles. The summed E-state index contributed by atoms with van der Waals surface area (Å²) in [6.07, 6.45) is 1.26. The van der Waals surface area contributed by atoms with Crippen LogP contribution in [0.4, 0.5) is 0 Å². The minimum Gasteiger partial charge on any atom is -0.461 e. The van der Waals surface area contributed by atoms with Gasteiger partial charge in [-0.05, 0) is 5.92 Å². The monoisotopic (exact) mass is 173 g/mol. The first-order valence-corrected chi connectivity index (χ1v) is 3.43. The molecule has 68 valence electrons. The average molecular weight is 173 g/mol. The fourth-order valence-corrected chi connectivity index (χ4v) is 0.624. The van der Waals surface area contributed by atoms with E-state index in [0.717, 1.165) is 7.11 Å². The van der Waals surface area contributed by atoms with Gasteiger partial charge in [-0.15, -0.1) is 0 Å². The lowest BCUT2D eigenvalue weighted by atomic mass is 10.2. The van der Waals surface area contributed by atoms with Crippen LogP contribution in [0.5, 0.6) is 0 Å². The van der Waals surface area contributed by atoms with Crippen molar-refractivity contribution < 1.29 is 14.5 Å². The molecule has 0 aliphatic rings. The van der Waals surface area contributed by atoms with E-state index in [1.54, 1.807) is 13.8 Å². The van der Waals surface area contributed by atoms with E-state index >= 15 is 0 Å². The van der Waals surface area contributed by atoms with Gasteiger partial charge in [0.15, 0.2) is 0 Å². The molecule has 0 N–H and O–H groups in total. The van der Waals surface area contributed by atoms with E-state index in [2.05, 4.69) is 4.74 Å². The van der Waals surface area contributed by atoms with Crippen LogP contribution in [0, 0.1) is 16.0 Å². The van der Waals surface area contributed by atoms with Crippen molar-refractivity contribution in [3.63, 3.8) is 0 Å². The van der Waals surface area contributed by atoms with Gasteiger partial charge in [0, 0.05) is 6.08 Å². The Balaban J connectivity index is 4.67. The van der Waals surface area contributed by atoms with Crippen molar-refractivity contribution in [3.05, 3.63) is 21.9 Å². The zero-order chi connectivity index (χ0) is 9.72. The molecule has 5 heteroatoms. The maximum absolute atomic E-state index is 10.8. The number of hydrogen-bond acceptors (Lipinski definition) is 4. The van der Waals surface area contributed by atoms with Gasteiger partial charge < -0.3 is 4.74 Å². The molecule has 0 heterocycles. The summed E-state index contributed by atoms with van der Waals surface area (Å²) >= 11 is 0. The molecule has 0 atom stereocenters. The van der Waals surface area contributed by atoms with Gasteiger partial charge >= 0.3 is 11.7 Å². The molecule has 0 rings (SSSR count). The van der Waals surface area contributed by atoms with Crippen LogP contribution in [0.3, 0.4) is 0 Å². The van der Waals surface area contributed by atoms with Crippen molar-refractivity contribution in [2.24, 2.45) is 5.92 Å². The Morgan fingerprint density at radius 2 is 2.08 bits per heavy atom. The third kappa shape index (κ3) is 3.14. The minimum atomic E-state index is -0.909. The second-order valence-corrected chi connectivity index (χ2v) is 2.54. The molecule has 0 spiro atoms. The summed E-state index contributed by atoms with van der Waals surface area (Å²) in [5.41, 5.74) is -0.507. The van der Waals surface area contributed by atoms with Gasteiger partial charge in [-0.25, -0.2) is 4.79 Å². The third-order valence-corrected chi connectivity index (χ3v) is 1.08. The Morgan fingerprint density at radius 3 is 2.33 bits per heavy atom. The van der Waals surface area contributed by atoms with Crippen LogP contribution in [-0.4, -0.2) is 18.0 Å². The molecule has 0 aromatic carbocycles. The number of methoxy groups -OCH3 is 1. The van der Waals surface area contributed by atoms with Gasteiger partial charge in [0.2, 0.25) is 0 Å². The van der Waals surface area contributed by atoms with E-state index in [4.69, 9.17) is 0 Å². The van der Waals surface area contributed by atoms with E-state index in [1.807, 2.05) is 0 Å². The normalized spacial score (nSPS) is 11.5. The highest BCUT2D eigenvalue weighted by molar-refractivity contribution is 5.85. The SMILES string of the molecule is COC(=O)/C(=C\C(C)C)[N+](=O)[O-]. The Morgan fingerprint density at radius 1 is 1.58 bits per heavy atom. The molecule has 5 nitrogen and oxygen atoms in total. The Labute approximate surface area is 70.2 Å². The van der Waals surface area contributed by atoms with E-state index in [-0.39, 0.29) is 5.92 Å². The summed E-state index contributed by atoms with van der Waals surface area (Å²) < 4.78 is 4.23. The molecule has 12 heavy (non-hydrogen) atoms. The second-order valence-electron chi connectivity index (χ2n) is 2.54. The predicted octanol–water partition coefficient (Wildman–Crippen LogP) is 0.976. The topological polar surface area (TPSA) is 69.4 Å². The van der Waals surface area contributed by atoms with E-state index in [1.165, 1.54) is 6.08 Å². The van der Waals surface area contributed by atoms with Crippen LogP contribution in [0.25, 0.3) is 0 Å². The van der Waals surface area contributed by atoms with Crippen LogP contribution < -0.4 is 0 Å². The number of nitro groups is 1. The standard InChI is InChI=1S/C7H11NO4/c1-5(2)4-6(8(10)11)7(9)12-3/h4-5H,1-3H3/b6-4+. The number of esters is 1. The van der Waals surface area contributed by atoms with Crippen LogP contribution >= 0.6 is 0 Å². The zero-order valence-corrected chi connectivity index (χ0v) is 7.23. The van der Waals surface area contributed by atoms with Crippen molar-refractivity contribution >= 4 is 5.97 Å². The molecule has 0 amide bonds. The average Bonchev–Trinajstić information content (AvgIpc) is 1.98. The molecule has 0 unspecified atom stereocenters. The van der Waals surface area contributed by atoms with Crippen LogP contribution in [0.2, 0.25) is 0 Å².